The predicted octanol–water partition coefficient (Wildman–Crippen LogP) is 3.10. The van der Waals surface area contributed by atoms with E-state index in [1.54, 1.807) is 6.07 Å². The van der Waals surface area contributed by atoms with Crippen LogP contribution in [0.15, 0.2) is 40.6 Å². The lowest BCUT2D eigenvalue weighted by molar-refractivity contribution is -0.115. The molecule has 0 saturated heterocycles. The van der Waals surface area contributed by atoms with Crippen molar-refractivity contribution in [2.75, 3.05) is 11.9 Å². The van der Waals surface area contributed by atoms with Gasteiger partial charge in [0.2, 0.25) is 5.91 Å². The Kier molecular flexibility index (Phi) is 5.56. The van der Waals surface area contributed by atoms with E-state index in [1.165, 1.54) is 17.4 Å². The topological polar surface area (TPSA) is 75.3 Å². The van der Waals surface area contributed by atoms with Gasteiger partial charge in [-0.1, -0.05) is 32.0 Å². The summed E-state index contributed by atoms with van der Waals surface area (Å²) >= 11 is 1.17. The summed E-state index contributed by atoms with van der Waals surface area (Å²) in [5.74, 6) is -0.132. The van der Waals surface area contributed by atoms with Gasteiger partial charge in [-0.2, -0.15) is 0 Å². The van der Waals surface area contributed by atoms with Gasteiger partial charge >= 0.3 is 0 Å². The van der Waals surface area contributed by atoms with Gasteiger partial charge in [0.1, 0.15) is 4.21 Å². The zero-order valence-corrected chi connectivity index (χ0v) is 14.9. The molecule has 23 heavy (non-hydrogen) atoms. The van der Waals surface area contributed by atoms with Crippen LogP contribution in [0.25, 0.3) is 0 Å². The van der Waals surface area contributed by atoms with Crippen molar-refractivity contribution in [3.05, 3.63) is 46.8 Å². The van der Waals surface area contributed by atoms with E-state index in [9.17, 15) is 13.2 Å². The van der Waals surface area contributed by atoms with Crippen LogP contribution in [0.1, 0.15) is 30.2 Å². The fourth-order valence-corrected chi connectivity index (χ4v) is 4.41. The smallest absolute Gasteiger partial charge is 0.250 e. The Labute approximate surface area is 140 Å². The third-order valence-electron chi connectivity index (χ3n) is 3.26. The van der Waals surface area contributed by atoms with Gasteiger partial charge < -0.3 is 5.32 Å². The Hall–Kier alpha value is -1.70. The van der Waals surface area contributed by atoms with Gasteiger partial charge in [0.25, 0.3) is 10.0 Å². The lowest BCUT2D eigenvalue weighted by atomic mass is 10.0. The van der Waals surface area contributed by atoms with Gasteiger partial charge in [0.15, 0.2) is 0 Å². The molecule has 0 saturated carbocycles. The monoisotopic (exact) mass is 352 g/mol. The maximum Gasteiger partial charge on any atom is 0.250 e. The van der Waals surface area contributed by atoms with Crippen molar-refractivity contribution in [3.8, 4) is 0 Å². The van der Waals surface area contributed by atoms with Crippen molar-refractivity contribution in [3.63, 3.8) is 0 Å². The van der Waals surface area contributed by atoms with Crippen LogP contribution < -0.4 is 10.0 Å². The van der Waals surface area contributed by atoms with Crippen molar-refractivity contribution < 1.29 is 13.2 Å². The van der Waals surface area contributed by atoms with Crippen LogP contribution in [0.2, 0.25) is 0 Å². The molecule has 0 fully saturated rings. The number of carbonyl (C=O) groups is 1. The predicted molar refractivity (Wildman–Crippen MR) is 93.4 cm³/mol. The SMILES string of the molecule is Cc1ccc(S(=O)(=O)NCC(=O)Nc2ccccc2C(C)C)s1. The molecule has 2 aromatic rings. The van der Waals surface area contributed by atoms with E-state index >= 15 is 0 Å². The molecule has 7 heteroatoms. The number of nitrogens with one attached hydrogen (secondary N) is 2. The third-order valence-corrected chi connectivity index (χ3v) is 6.15. The molecular formula is C16H20N2O3S2. The highest BCUT2D eigenvalue weighted by Crippen LogP contribution is 2.23. The molecule has 5 nitrogen and oxygen atoms in total. The second-order valence-corrected chi connectivity index (χ2v) is 8.76. The summed E-state index contributed by atoms with van der Waals surface area (Å²) in [5, 5.41) is 2.76. The molecule has 1 aromatic heterocycles. The number of aryl methyl sites for hydroxylation is 1. The number of hydrogen-bond acceptors (Lipinski definition) is 4. The first-order valence-electron chi connectivity index (χ1n) is 7.24. The second kappa shape index (κ2) is 7.25. The summed E-state index contributed by atoms with van der Waals surface area (Å²) in [6, 6.07) is 10.8. The highest BCUT2D eigenvalue weighted by atomic mass is 32.2. The van der Waals surface area contributed by atoms with Crippen molar-refractivity contribution in [1.29, 1.82) is 0 Å². The summed E-state index contributed by atoms with van der Waals surface area (Å²) in [4.78, 5) is 12.9. The van der Waals surface area contributed by atoms with Gasteiger partial charge in [-0.25, -0.2) is 13.1 Å². The number of hydrogen-bond donors (Lipinski definition) is 2. The van der Waals surface area contributed by atoms with E-state index in [2.05, 4.69) is 10.0 Å². The van der Waals surface area contributed by atoms with Crippen molar-refractivity contribution in [1.82, 2.24) is 4.72 Å². The quantitative estimate of drug-likeness (QED) is 0.839. The number of sulfonamides is 1. The van der Waals surface area contributed by atoms with E-state index in [1.807, 2.05) is 45.0 Å². The standard InChI is InChI=1S/C16H20N2O3S2/c1-11(2)13-6-4-5-7-14(13)18-15(19)10-17-23(20,21)16-9-8-12(3)22-16/h4-9,11,17H,10H2,1-3H3,(H,18,19). The zero-order valence-electron chi connectivity index (χ0n) is 13.3. The minimum atomic E-state index is -3.65. The van der Waals surface area contributed by atoms with Crippen LogP contribution in [-0.4, -0.2) is 20.9 Å². The summed E-state index contributed by atoms with van der Waals surface area (Å²) < 4.78 is 26.7. The molecule has 0 aliphatic carbocycles. The molecule has 124 valence electrons. The fourth-order valence-electron chi connectivity index (χ4n) is 2.10. The lowest BCUT2D eigenvalue weighted by Crippen LogP contribution is -2.32. The number of carbonyl (C=O) groups excluding carboxylic acids is 1. The first-order chi connectivity index (χ1) is 10.8. The molecule has 0 aliphatic heterocycles. The van der Waals surface area contributed by atoms with E-state index in [0.717, 1.165) is 10.4 Å². The first kappa shape index (κ1) is 17.7. The minimum absolute atomic E-state index is 0.213. The largest absolute Gasteiger partial charge is 0.325 e. The van der Waals surface area contributed by atoms with Crippen LogP contribution in [0, 0.1) is 6.92 Å². The molecule has 1 amide bonds. The van der Waals surface area contributed by atoms with Crippen LogP contribution in [0.3, 0.4) is 0 Å². The van der Waals surface area contributed by atoms with Crippen LogP contribution in [0.5, 0.6) is 0 Å². The van der Waals surface area contributed by atoms with Crippen LogP contribution in [0.4, 0.5) is 5.69 Å². The van der Waals surface area contributed by atoms with Crippen molar-refractivity contribution >= 4 is 33.0 Å². The summed E-state index contributed by atoms with van der Waals surface area (Å²) in [6.07, 6.45) is 0. The first-order valence-corrected chi connectivity index (χ1v) is 9.54. The molecule has 1 heterocycles. The number of amides is 1. The highest BCUT2D eigenvalue weighted by Gasteiger charge is 2.18. The molecule has 0 radical (unpaired) electrons. The van der Waals surface area contributed by atoms with Crippen LogP contribution >= 0.6 is 11.3 Å². The Morgan fingerprint density at radius 2 is 1.87 bits per heavy atom. The maximum absolute atomic E-state index is 12.1. The molecule has 0 atom stereocenters. The Morgan fingerprint density at radius 1 is 1.17 bits per heavy atom. The van der Waals surface area contributed by atoms with Crippen LogP contribution in [-0.2, 0) is 14.8 Å². The average molecular weight is 352 g/mol. The van der Waals surface area contributed by atoms with Gasteiger partial charge in [-0.05, 0) is 36.6 Å². The normalized spacial score (nSPS) is 11.7. The van der Waals surface area contributed by atoms with E-state index in [4.69, 9.17) is 0 Å². The molecule has 2 rings (SSSR count). The van der Waals surface area contributed by atoms with Gasteiger partial charge in [0, 0.05) is 10.6 Å². The Morgan fingerprint density at radius 3 is 2.48 bits per heavy atom. The molecular weight excluding hydrogens is 332 g/mol. The zero-order chi connectivity index (χ0) is 17.0. The third kappa shape index (κ3) is 4.63. The van der Waals surface area contributed by atoms with E-state index in [-0.39, 0.29) is 16.7 Å². The molecule has 0 aliphatic rings. The van der Waals surface area contributed by atoms with Gasteiger partial charge in [0.05, 0.1) is 6.54 Å². The van der Waals surface area contributed by atoms with E-state index < -0.39 is 15.9 Å². The lowest BCUT2D eigenvalue weighted by Gasteiger charge is -2.13. The summed E-state index contributed by atoms with van der Waals surface area (Å²) in [5.41, 5.74) is 1.72. The highest BCUT2D eigenvalue weighted by molar-refractivity contribution is 7.91. The molecule has 1 aromatic carbocycles. The van der Waals surface area contributed by atoms with Gasteiger partial charge in [-0.3, -0.25) is 4.79 Å². The number of para-hydroxylation sites is 1. The Bertz CT molecular complexity index is 795. The number of benzene rings is 1. The van der Waals surface area contributed by atoms with Crippen molar-refractivity contribution in [2.45, 2.75) is 30.9 Å². The minimum Gasteiger partial charge on any atom is -0.325 e. The maximum atomic E-state index is 12.1. The molecule has 0 bridgehead atoms. The average Bonchev–Trinajstić information content (AvgIpc) is 2.93. The fraction of sp³-hybridized carbons (Fsp3) is 0.312. The Balaban J connectivity index is 2.01. The molecule has 0 unspecified atom stereocenters. The summed E-state index contributed by atoms with van der Waals surface area (Å²) in [7, 11) is -3.65. The number of rotatable bonds is 6. The van der Waals surface area contributed by atoms with E-state index in [0.29, 0.717) is 5.69 Å². The molecule has 2 N–H and O–H groups in total. The second-order valence-electron chi connectivity index (χ2n) is 5.48. The summed E-state index contributed by atoms with van der Waals surface area (Å²) in [6.45, 7) is 5.60. The van der Waals surface area contributed by atoms with Gasteiger partial charge in [-0.15, -0.1) is 11.3 Å². The van der Waals surface area contributed by atoms with Crippen molar-refractivity contribution in [2.24, 2.45) is 0 Å². The number of thiophene rings is 1. The molecule has 0 spiro atoms. The number of anilines is 1.